The summed E-state index contributed by atoms with van der Waals surface area (Å²) in [4.78, 5) is 25.6. The molecule has 1 amide bonds. The van der Waals surface area contributed by atoms with Crippen molar-refractivity contribution in [1.82, 2.24) is 19.9 Å². The van der Waals surface area contributed by atoms with Crippen molar-refractivity contribution in [1.29, 1.82) is 0 Å². The smallest absolute Gasteiger partial charge is 0.407 e. The van der Waals surface area contributed by atoms with E-state index in [2.05, 4.69) is 32.4 Å². The topological polar surface area (TPSA) is 110 Å². The number of benzene rings is 1. The monoisotopic (exact) mass is 449 g/mol. The lowest BCUT2D eigenvalue weighted by molar-refractivity contribution is 0.0864. The first-order chi connectivity index (χ1) is 16.0. The second kappa shape index (κ2) is 10.2. The fraction of sp³-hybridized carbons (Fsp3) is 0.333. The van der Waals surface area contributed by atoms with Gasteiger partial charge in [-0.1, -0.05) is 30.3 Å². The Morgan fingerprint density at radius 2 is 1.82 bits per heavy atom. The van der Waals surface area contributed by atoms with E-state index in [-0.39, 0.29) is 6.10 Å². The van der Waals surface area contributed by atoms with Gasteiger partial charge in [-0.05, 0) is 31.5 Å². The van der Waals surface area contributed by atoms with Crippen LogP contribution in [0.5, 0.6) is 17.5 Å². The Morgan fingerprint density at radius 3 is 2.52 bits per heavy atom. The van der Waals surface area contributed by atoms with Crippen molar-refractivity contribution in [2.45, 2.75) is 39.3 Å². The minimum Gasteiger partial charge on any atom is -0.474 e. The molecule has 0 unspecified atom stereocenters. The first kappa shape index (κ1) is 22.3. The summed E-state index contributed by atoms with van der Waals surface area (Å²) in [7, 11) is 0. The number of anilines is 1. The molecule has 0 bridgehead atoms. The minimum absolute atomic E-state index is 0.0968. The van der Waals surface area contributed by atoms with Crippen molar-refractivity contribution in [3.05, 3.63) is 65.6 Å². The Morgan fingerprint density at radius 1 is 1.09 bits per heavy atom. The number of hydrogen-bond acceptors (Lipinski definition) is 7. The van der Waals surface area contributed by atoms with Crippen LogP contribution in [-0.2, 0) is 6.54 Å². The van der Waals surface area contributed by atoms with Crippen LogP contribution in [-0.4, -0.2) is 50.2 Å². The minimum atomic E-state index is -0.896. The second-order valence-corrected chi connectivity index (χ2v) is 7.92. The molecule has 1 aliphatic heterocycles. The third-order valence-corrected chi connectivity index (χ3v) is 5.54. The van der Waals surface area contributed by atoms with E-state index in [4.69, 9.17) is 14.6 Å². The fourth-order valence-electron chi connectivity index (χ4n) is 3.61. The highest BCUT2D eigenvalue weighted by Gasteiger charge is 2.25. The van der Waals surface area contributed by atoms with E-state index >= 15 is 0 Å². The Labute approximate surface area is 192 Å². The normalized spacial score (nSPS) is 14.1. The number of nitrogens with zero attached hydrogens (tertiary/aromatic N) is 4. The molecule has 33 heavy (non-hydrogen) atoms. The van der Waals surface area contributed by atoms with Gasteiger partial charge in [-0.15, -0.1) is 0 Å². The molecule has 2 aromatic heterocycles. The number of piperidine rings is 1. The molecule has 0 spiro atoms. The predicted octanol–water partition coefficient (Wildman–Crippen LogP) is 4.41. The summed E-state index contributed by atoms with van der Waals surface area (Å²) in [6.45, 7) is 5.30. The van der Waals surface area contributed by atoms with Crippen LogP contribution in [0.15, 0.2) is 48.8 Å². The van der Waals surface area contributed by atoms with Crippen molar-refractivity contribution >= 4 is 11.9 Å². The molecule has 1 aliphatic rings. The van der Waals surface area contributed by atoms with E-state index in [1.807, 2.05) is 44.2 Å². The van der Waals surface area contributed by atoms with Crippen molar-refractivity contribution in [3.8, 4) is 17.5 Å². The fourth-order valence-corrected chi connectivity index (χ4v) is 3.61. The van der Waals surface area contributed by atoms with Crippen LogP contribution < -0.4 is 14.8 Å². The largest absolute Gasteiger partial charge is 0.474 e. The van der Waals surface area contributed by atoms with Crippen molar-refractivity contribution < 1.29 is 19.4 Å². The standard InChI is InChI=1S/C24H27N5O4/c1-16-22(32-19-10-12-29(13-11-19)24(30)31)26-15-27-23(16)33-20-8-9-21(28-17(20)2)25-14-18-6-4-3-5-7-18/h3-9,15,19H,10-14H2,1-2H3,(H,25,28)(H,30,31). The van der Waals surface area contributed by atoms with Gasteiger partial charge in [-0.2, -0.15) is 0 Å². The Bertz CT molecular complexity index is 1100. The van der Waals surface area contributed by atoms with Crippen LogP contribution in [0, 0.1) is 13.8 Å². The quantitative estimate of drug-likeness (QED) is 0.546. The number of hydrogen-bond donors (Lipinski definition) is 2. The first-order valence-corrected chi connectivity index (χ1v) is 10.9. The Hall–Kier alpha value is -3.88. The average Bonchev–Trinajstić information content (AvgIpc) is 2.82. The third kappa shape index (κ3) is 5.68. The van der Waals surface area contributed by atoms with Crippen LogP contribution in [0.3, 0.4) is 0 Å². The molecule has 9 nitrogen and oxygen atoms in total. The number of amides is 1. The Kier molecular flexibility index (Phi) is 6.87. The zero-order valence-corrected chi connectivity index (χ0v) is 18.7. The van der Waals surface area contributed by atoms with E-state index in [1.165, 1.54) is 16.8 Å². The highest BCUT2D eigenvalue weighted by molar-refractivity contribution is 5.65. The number of carboxylic acid groups (broad SMARTS) is 1. The number of aryl methyl sites for hydroxylation is 1. The van der Waals surface area contributed by atoms with Crippen LogP contribution in [0.1, 0.15) is 29.7 Å². The number of nitrogens with one attached hydrogen (secondary N) is 1. The molecule has 3 aromatic rings. The van der Waals surface area contributed by atoms with Gasteiger partial charge >= 0.3 is 6.09 Å². The van der Waals surface area contributed by atoms with Crippen LogP contribution in [0.4, 0.5) is 10.6 Å². The maximum Gasteiger partial charge on any atom is 0.407 e. The summed E-state index contributed by atoms with van der Waals surface area (Å²) in [5.74, 6) is 2.21. The molecule has 9 heteroatoms. The number of carbonyl (C=O) groups is 1. The molecule has 172 valence electrons. The van der Waals surface area contributed by atoms with E-state index in [0.29, 0.717) is 55.5 Å². The SMILES string of the molecule is Cc1nc(NCc2ccccc2)ccc1Oc1ncnc(OC2CCN(C(=O)O)CC2)c1C. The van der Waals surface area contributed by atoms with Crippen LogP contribution in [0.2, 0.25) is 0 Å². The molecular formula is C24H27N5O4. The zero-order valence-electron chi connectivity index (χ0n) is 18.7. The van der Waals surface area contributed by atoms with Gasteiger partial charge < -0.3 is 24.8 Å². The second-order valence-electron chi connectivity index (χ2n) is 7.92. The molecule has 0 aliphatic carbocycles. The molecule has 0 saturated carbocycles. The first-order valence-electron chi connectivity index (χ1n) is 10.9. The predicted molar refractivity (Wildman–Crippen MR) is 123 cm³/mol. The van der Waals surface area contributed by atoms with Gasteiger partial charge in [0.05, 0.1) is 11.3 Å². The number of ether oxygens (including phenoxy) is 2. The molecule has 1 fully saturated rings. The molecular weight excluding hydrogens is 422 g/mol. The van der Waals surface area contributed by atoms with Gasteiger partial charge in [0.1, 0.15) is 18.2 Å². The van der Waals surface area contributed by atoms with Crippen LogP contribution >= 0.6 is 0 Å². The number of likely N-dealkylation sites (tertiary alicyclic amines) is 1. The highest BCUT2D eigenvalue weighted by atomic mass is 16.5. The lowest BCUT2D eigenvalue weighted by Gasteiger charge is -2.30. The molecule has 0 atom stereocenters. The number of rotatable bonds is 7. The van der Waals surface area contributed by atoms with Gasteiger partial charge in [0, 0.05) is 32.5 Å². The van der Waals surface area contributed by atoms with E-state index in [0.717, 1.165) is 11.5 Å². The van der Waals surface area contributed by atoms with Gasteiger partial charge in [-0.25, -0.2) is 19.7 Å². The maximum atomic E-state index is 11.1. The van der Waals surface area contributed by atoms with E-state index < -0.39 is 6.09 Å². The van der Waals surface area contributed by atoms with Gasteiger partial charge in [0.25, 0.3) is 0 Å². The average molecular weight is 450 g/mol. The lowest BCUT2D eigenvalue weighted by atomic mass is 10.1. The van der Waals surface area contributed by atoms with Crippen molar-refractivity contribution in [2.75, 3.05) is 18.4 Å². The molecule has 3 heterocycles. The molecule has 4 rings (SSSR count). The van der Waals surface area contributed by atoms with E-state index in [1.54, 1.807) is 0 Å². The van der Waals surface area contributed by atoms with E-state index in [9.17, 15) is 4.79 Å². The Balaban J connectivity index is 1.39. The number of aromatic nitrogens is 3. The van der Waals surface area contributed by atoms with Gasteiger partial charge in [-0.3, -0.25) is 0 Å². The summed E-state index contributed by atoms with van der Waals surface area (Å²) in [5, 5.41) is 12.4. The van der Waals surface area contributed by atoms with Crippen molar-refractivity contribution in [2.24, 2.45) is 0 Å². The summed E-state index contributed by atoms with van der Waals surface area (Å²) < 4.78 is 12.1. The van der Waals surface area contributed by atoms with Gasteiger partial charge in [0.15, 0.2) is 5.75 Å². The molecule has 1 aromatic carbocycles. The summed E-state index contributed by atoms with van der Waals surface area (Å²) in [6, 6.07) is 13.9. The lowest BCUT2D eigenvalue weighted by Crippen LogP contribution is -2.41. The van der Waals surface area contributed by atoms with Crippen molar-refractivity contribution in [3.63, 3.8) is 0 Å². The molecule has 1 saturated heterocycles. The molecule has 2 N–H and O–H groups in total. The summed E-state index contributed by atoms with van der Waals surface area (Å²) >= 11 is 0. The van der Waals surface area contributed by atoms with Gasteiger partial charge in [0.2, 0.25) is 11.8 Å². The zero-order chi connectivity index (χ0) is 23.2. The molecule has 0 radical (unpaired) electrons. The number of pyridine rings is 1. The summed E-state index contributed by atoms with van der Waals surface area (Å²) in [6.07, 6.45) is 1.65. The van der Waals surface area contributed by atoms with Crippen LogP contribution in [0.25, 0.3) is 0 Å². The highest BCUT2D eigenvalue weighted by Crippen LogP contribution is 2.30. The third-order valence-electron chi connectivity index (χ3n) is 5.54. The summed E-state index contributed by atoms with van der Waals surface area (Å²) in [5.41, 5.74) is 2.59. The maximum absolute atomic E-state index is 11.1.